The van der Waals surface area contributed by atoms with Gasteiger partial charge in [-0.05, 0) is 67.4 Å². The SMILES string of the molecule is CCCCCCCCCCCCCCCCCCN1C(C(C(=O)Nc2cc(C)ccc2OCCCOc2ccc(OC)cc2)n2cc(C(=O)O)cn2)=Nc2ccccc2S1(=O)=O. The number of carbonyl (C=O) groups excluding carboxylic acids is 1. The van der Waals surface area contributed by atoms with Gasteiger partial charge in [-0.15, -0.1) is 0 Å². The molecule has 1 aliphatic rings. The van der Waals surface area contributed by atoms with Gasteiger partial charge in [-0.1, -0.05) is 121 Å². The van der Waals surface area contributed by atoms with Gasteiger partial charge in [0.05, 0.1) is 43.5 Å². The Morgan fingerprint density at radius 2 is 1.35 bits per heavy atom. The number of benzene rings is 3. The topological polar surface area (TPSA) is 162 Å². The molecule has 1 aliphatic heterocycles. The number of carbonyl (C=O) groups is 2. The fraction of sp³-hybridized carbons (Fsp3) is 0.500. The number of sulfonamides is 1. The number of para-hydroxylation sites is 1. The molecule has 0 saturated carbocycles. The molecular weight excluding hydrogens is 807 g/mol. The van der Waals surface area contributed by atoms with Crippen LogP contribution < -0.4 is 19.5 Å². The summed E-state index contributed by atoms with van der Waals surface area (Å²) < 4.78 is 48.3. The minimum absolute atomic E-state index is 0.0384. The van der Waals surface area contributed by atoms with Crippen molar-refractivity contribution in [1.82, 2.24) is 14.1 Å². The van der Waals surface area contributed by atoms with E-state index in [-0.39, 0.29) is 35.1 Å². The number of nitrogens with one attached hydrogen (secondary N) is 1. The Hall–Kier alpha value is -5.37. The number of carboxylic acid groups (broad SMARTS) is 1. The third-order valence-electron chi connectivity index (χ3n) is 11.0. The standard InChI is InChI=1S/C48H65N5O8S/c1-4-5-6-7-8-9-10-11-12-13-14-15-16-17-18-21-31-53-46(50-41-23-19-20-24-44(41)62(53,57)58)45(52-36-38(35-49-52)48(55)56)47(54)51-42-34-37(2)25-30-43(42)61-33-22-32-60-40-28-26-39(59-3)27-29-40/h19-20,23-30,34-36,45H,4-18,21-22,31-33H2,1-3H3,(H,51,54)(H,55,56). The van der Waals surface area contributed by atoms with E-state index < -0.39 is 27.9 Å². The van der Waals surface area contributed by atoms with Crippen molar-refractivity contribution >= 4 is 39.1 Å². The van der Waals surface area contributed by atoms with Gasteiger partial charge in [0.25, 0.3) is 15.9 Å². The number of aryl methyl sites for hydroxylation is 1. The summed E-state index contributed by atoms with van der Waals surface area (Å²) in [5, 5.41) is 17.0. The molecule has 4 aromatic rings. The van der Waals surface area contributed by atoms with Crippen LogP contribution in [0.25, 0.3) is 0 Å². The summed E-state index contributed by atoms with van der Waals surface area (Å²) in [4.78, 5) is 31.4. The Bertz CT molecular complexity index is 2150. The van der Waals surface area contributed by atoms with Crippen LogP contribution in [0.3, 0.4) is 0 Å². The number of aromatic carboxylic acids is 1. The number of rotatable bonds is 29. The van der Waals surface area contributed by atoms with Crippen molar-refractivity contribution in [2.75, 3.05) is 32.2 Å². The zero-order valence-corrected chi connectivity index (χ0v) is 37.5. The lowest BCUT2D eigenvalue weighted by molar-refractivity contribution is -0.117. The summed E-state index contributed by atoms with van der Waals surface area (Å²) in [6, 6.07) is 17.6. The summed E-state index contributed by atoms with van der Waals surface area (Å²) in [6.07, 6.45) is 21.9. The number of amides is 1. The van der Waals surface area contributed by atoms with E-state index in [0.717, 1.165) is 47.9 Å². The normalized spacial score (nSPS) is 13.5. The number of hydrogen-bond donors (Lipinski definition) is 2. The zero-order valence-electron chi connectivity index (χ0n) is 36.7. The van der Waals surface area contributed by atoms with Crippen LogP contribution in [0.2, 0.25) is 0 Å². The summed E-state index contributed by atoms with van der Waals surface area (Å²) in [7, 11) is -2.55. The molecule has 0 bridgehead atoms. The molecule has 0 saturated heterocycles. The second-order valence-corrected chi connectivity index (χ2v) is 17.8. The monoisotopic (exact) mass is 871 g/mol. The van der Waals surface area contributed by atoms with Crippen LogP contribution >= 0.6 is 0 Å². The summed E-state index contributed by atoms with van der Waals surface area (Å²) in [6.45, 7) is 4.88. The van der Waals surface area contributed by atoms with Crippen molar-refractivity contribution < 1.29 is 37.3 Å². The van der Waals surface area contributed by atoms with Gasteiger partial charge in [0.15, 0.2) is 11.9 Å². The first kappa shape index (κ1) is 47.7. The molecular formula is C48H65N5O8S. The highest BCUT2D eigenvalue weighted by atomic mass is 32.2. The van der Waals surface area contributed by atoms with E-state index in [1.807, 2.05) is 37.3 Å². The van der Waals surface area contributed by atoms with E-state index in [1.165, 1.54) is 87.2 Å². The molecule has 0 radical (unpaired) electrons. The molecule has 14 heteroatoms. The Labute approximate surface area is 367 Å². The van der Waals surface area contributed by atoms with Crippen LogP contribution in [0.4, 0.5) is 11.4 Å². The number of amidine groups is 1. The Balaban J connectivity index is 1.24. The highest BCUT2D eigenvalue weighted by Crippen LogP contribution is 2.36. The van der Waals surface area contributed by atoms with Gasteiger partial charge in [-0.3, -0.25) is 13.8 Å². The highest BCUT2D eigenvalue weighted by Gasteiger charge is 2.41. The lowest BCUT2D eigenvalue weighted by atomic mass is 10.0. The number of nitrogens with zero attached hydrogens (tertiary/aromatic N) is 4. The lowest BCUT2D eigenvalue weighted by Gasteiger charge is -2.33. The molecule has 5 rings (SSSR count). The minimum atomic E-state index is -4.16. The van der Waals surface area contributed by atoms with E-state index in [9.17, 15) is 23.1 Å². The van der Waals surface area contributed by atoms with E-state index in [2.05, 4.69) is 17.3 Å². The minimum Gasteiger partial charge on any atom is -0.497 e. The maximum Gasteiger partial charge on any atom is 0.338 e. The molecule has 3 aromatic carbocycles. The number of aromatic nitrogens is 2. The van der Waals surface area contributed by atoms with Crippen LogP contribution in [0, 0.1) is 6.92 Å². The maximum atomic E-state index is 14.6. The van der Waals surface area contributed by atoms with Crippen molar-refractivity contribution in [2.24, 2.45) is 4.99 Å². The number of carboxylic acids is 1. The lowest BCUT2D eigenvalue weighted by Crippen LogP contribution is -2.47. The largest absolute Gasteiger partial charge is 0.497 e. The van der Waals surface area contributed by atoms with Gasteiger partial charge >= 0.3 is 5.97 Å². The van der Waals surface area contributed by atoms with Gasteiger partial charge in [-0.2, -0.15) is 5.10 Å². The first-order valence-electron chi connectivity index (χ1n) is 22.4. The highest BCUT2D eigenvalue weighted by molar-refractivity contribution is 7.90. The second-order valence-electron chi connectivity index (χ2n) is 15.9. The van der Waals surface area contributed by atoms with Gasteiger partial charge in [-0.25, -0.2) is 18.2 Å². The fourth-order valence-electron chi connectivity index (χ4n) is 7.54. The number of aliphatic imine (C=N–C) groups is 1. The van der Waals surface area contributed by atoms with E-state index in [1.54, 1.807) is 37.4 Å². The molecule has 1 amide bonds. The molecule has 13 nitrogen and oxygen atoms in total. The van der Waals surface area contributed by atoms with Crippen LogP contribution in [-0.4, -0.2) is 72.2 Å². The molecule has 1 unspecified atom stereocenters. The van der Waals surface area contributed by atoms with Crippen molar-refractivity contribution in [1.29, 1.82) is 0 Å². The third-order valence-corrected chi connectivity index (χ3v) is 12.9. The van der Waals surface area contributed by atoms with Gasteiger partial charge in [0.2, 0.25) is 0 Å². The predicted octanol–water partition coefficient (Wildman–Crippen LogP) is 10.9. The molecule has 1 aromatic heterocycles. The second kappa shape index (κ2) is 24.9. The first-order valence-corrected chi connectivity index (χ1v) is 23.9. The Morgan fingerprint density at radius 3 is 1.97 bits per heavy atom. The average molecular weight is 872 g/mol. The quantitative estimate of drug-likeness (QED) is 0.0506. The van der Waals surface area contributed by atoms with Crippen molar-refractivity contribution in [3.8, 4) is 17.2 Å². The third kappa shape index (κ3) is 14.1. The van der Waals surface area contributed by atoms with E-state index in [4.69, 9.17) is 19.2 Å². The zero-order chi connectivity index (χ0) is 44.2. The van der Waals surface area contributed by atoms with Crippen molar-refractivity contribution in [3.05, 3.63) is 90.3 Å². The molecule has 0 fully saturated rings. The van der Waals surface area contributed by atoms with Crippen LogP contribution in [0.1, 0.15) is 138 Å². The van der Waals surface area contributed by atoms with E-state index in [0.29, 0.717) is 36.6 Å². The van der Waals surface area contributed by atoms with Gasteiger partial charge < -0.3 is 24.6 Å². The maximum absolute atomic E-state index is 14.6. The predicted molar refractivity (Wildman–Crippen MR) is 244 cm³/mol. The van der Waals surface area contributed by atoms with Crippen molar-refractivity contribution in [3.63, 3.8) is 0 Å². The molecule has 0 aliphatic carbocycles. The number of hydrogen-bond acceptors (Lipinski definition) is 9. The van der Waals surface area contributed by atoms with Crippen LogP contribution in [0.5, 0.6) is 17.2 Å². The first-order chi connectivity index (χ1) is 30.1. The smallest absolute Gasteiger partial charge is 0.338 e. The molecule has 1 atom stereocenters. The average Bonchev–Trinajstić information content (AvgIpc) is 3.75. The van der Waals surface area contributed by atoms with Crippen molar-refractivity contribution in [2.45, 2.75) is 134 Å². The Morgan fingerprint density at radius 1 is 0.758 bits per heavy atom. The number of anilines is 1. The molecule has 62 heavy (non-hydrogen) atoms. The van der Waals surface area contributed by atoms with Gasteiger partial charge in [0, 0.05) is 19.2 Å². The van der Waals surface area contributed by atoms with Gasteiger partial charge in [0.1, 0.15) is 22.1 Å². The summed E-state index contributed by atoms with van der Waals surface area (Å²) in [5.74, 6) is -0.163. The molecule has 2 N–H and O–H groups in total. The van der Waals surface area contributed by atoms with Crippen LogP contribution in [-0.2, 0) is 14.8 Å². The fourth-order valence-corrected chi connectivity index (χ4v) is 9.16. The number of methoxy groups -OCH3 is 1. The molecule has 336 valence electrons. The number of unbranched alkanes of at least 4 members (excludes halogenated alkanes) is 15. The van der Waals surface area contributed by atoms with E-state index >= 15 is 0 Å². The molecule has 0 spiro atoms. The molecule has 2 heterocycles. The summed E-state index contributed by atoms with van der Waals surface area (Å²) in [5.41, 5.74) is 1.22. The summed E-state index contributed by atoms with van der Waals surface area (Å²) >= 11 is 0. The Kier molecular flexibility index (Phi) is 19.2. The number of fused-ring (bicyclic) bond motifs is 1. The van der Waals surface area contributed by atoms with Crippen LogP contribution in [0.15, 0.2) is 89.0 Å². The number of ether oxygens (including phenoxy) is 3.